The number of hydrogen-bond donors (Lipinski definition) is 1. The van der Waals surface area contributed by atoms with Gasteiger partial charge in [0.05, 0.1) is 20.1 Å². The van der Waals surface area contributed by atoms with Crippen LogP contribution in [0.5, 0.6) is 0 Å². The molecule has 1 saturated heterocycles. The average molecular weight is 245 g/mol. The Hall–Kier alpha value is -0.955. The van der Waals surface area contributed by atoms with Gasteiger partial charge in [-0.2, -0.15) is 0 Å². The lowest BCUT2D eigenvalue weighted by Crippen LogP contribution is -2.41. The quantitative estimate of drug-likeness (QED) is 0.610. The highest BCUT2D eigenvalue weighted by atomic mass is 16.5. The van der Waals surface area contributed by atoms with E-state index in [4.69, 9.17) is 18.3 Å². The molecule has 0 spiro atoms. The van der Waals surface area contributed by atoms with E-state index in [0.717, 1.165) is 12.8 Å². The smallest absolute Gasteiger partial charge is 0.0739 e. The molecular weight excluding hydrogens is 221 g/mol. The fourth-order valence-corrected chi connectivity index (χ4v) is 2.51. The topological polar surface area (TPSA) is 35.2 Å². The van der Waals surface area contributed by atoms with Gasteiger partial charge in [-0.25, -0.2) is 0 Å². The summed E-state index contributed by atoms with van der Waals surface area (Å²) in [4.78, 5) is 0. The molecule has 0 aliphatic carbocycles. The predicted molar refractivity (Wildman–Crippen MR) is 78.5 cm³/mol. The molecule has 18 heavy (non-hydrogen) atoms. The van der Waals surface area contributed by atoms with E-state index in [1.165, 1.54) is 5.57 Å². The highest BCUT2D eigenvalue weighted by Crippen LogP contribution is 2.38. The third-order valence-electron chi connectivity index (χ3n) is 3.56. The Morgan fingerprint density at radius 1 is 1.56 bits per heavy atom. The zero-order valence-electron chi connectivity index (χ0n) is 11.7. The first-order valence-electron chi connectivity index (χ1n) is 6.66. The van der Waals surface area contributed by atoms with E-state index in [1.54, 1.807) is 0 Å². The minimum absolute atomic E-state index is 0.0123. The molecule has 98 valence electrons. The summed E-state index contributed by atoms with van der Waals surface area (Å²) in [6.45, 7) is 10.0. The van der Waals surface area contributed by atoms with Crippen molar-refractivity contribution in [1.29, 1.82) is 0 Å². The Labute approximate surface area is 112 Å². The number of nitrogens with two attached hydrogens (primary N) is 1. The molecular formula is C15H24BNO. The first-order chi connectivity index (χ1) is 8.51. The normalized spacial score (nSPS) is 33.8. The molecule has 2 radical (unpaired) electrons. The van der Waals surface area contributed by atoms with Crippen LogP contribution in [0.3, 0.4) is 0 Å². The number of hydrogen-bond acceptors (Lipinski definition) is 2. The van der Waals surface area contributed by atoms with Crippen LogP contribution in [-0.4, -0.2) is 20.1 Å². The summed E-state index contributed by atoms with van der Waals surface area (Å²) in [6.07, 6.45) is 7.97. The molecule has 0 aromatic heterocycles. The monoisotopic (exact) mass is 245 g/mol. The van der Waals surface area contributed by atoms with Gasteiger partial charge in [0.25, 0.3) is 0 Å². The molecule has 2 nitrogen and oxygen atoms in total. The Kier molecular flexibility index (Phi) is 5.74. The summed E-state index contributed by atoms with van der Waals surface area (Å²) in [6, 6.07) is 0. The van der Waals surface area contributed by atoms with Crippen LogP contribution in [0.25, 0.3) is 0 Å². The summed E-state index contributed by atoms with van der Waals surface area (Å²) in [5.41, 5.74) is 7.69. The molecule has 0 amide bonds. The van der Waals surface area contributed by atoms with Gasteiger partial charge in [0.1, 0.15) is 0 Å². The van der Waals surface area contributed by atoms with E-state index in [2.05, 4.69) is 26.5 Å². The molecule has 4 unspecified atom stereocenters. The van der Waals surface area contributed by atoms with Crippen molar-refractivity contribution in [2.45, 2.75) is 51.6 Å². The zero-order chi connectivity index (χ0) is 13.7. The van der Waals surface area contributed by atoms with Crippen molar-refractivity contribution in [2.75, 3.05) is 0 Å². The minimum Gasteiger partial charge on any atom is -0.402 e. The van der Waals surface area contributed by atoms with Crippen molar-refractivity contribution in [1.82, 2.24) is 0 Å². The lowest BCUT2D eigenvalue weighted by atomic mass is 9.69. The molecule has 0 aromatic carbocycles. The minimum atomic E-state index is -0.0143. The molecule has 1 aliphatic rings. The van der Waals surface area contributed by atoms with Gasteiger partial charge in [-0.05, 0) is 38.1 Å². The summed E-state index contributed by atoms with van der Waals surface area (Å²) >= 11 is 0. The fourth-order valence-electron chi connectivity index (χ4n) is 2.51. The zero-order valence-corrected chi connectivity index (χ0v) is 11.7. The van der Waals surface area contributed by atoms with Gasteiger partial charge in [-0.1, -0.05) is 31.7 Å². The van der Waals surface area contributed by atoms with Crippen LogP contribution in [0, 0.1) is 5.92 Å². The molecule has 1 heterocycles. The van der Waals surface area contributed by atoms with Gasteiger partial charge < -0.3 is 10.5 Å². The molecule has 4 atom stereocenters. The summed E-state index contributed by atoms with van der Waals surface area (Å²) < 4.78 is 6.11. The summed E-state index contributed by atoms with van der Waals surface area (Å²) in [7, 11) is 6.21. The summed E-state index contributed by atoms with van der Waals surface area (Å²) in [5.74, 6) is 0.162. The van der Waals surface area contributed by atoms with Crippen molar-refractivity contribution in [2.24, 2.45) is 11.7 Å². The highest BCUT2D eigenvalue weighted by molar-refractivity contribution is 6.12. The van der Waals surface area contributed by atoms with E-state index in [0.29, 0.717) is 5.70 Å². The maximum absolute atomic E-state index is 6.21. The van der Waals surface area contributed by atoms with Crippen LogP contribution in [0.1, 0.15) is 33.6 Å². The maximum atomic E-state index is 6.21. The molecule has 3 heteroatoms. The second kappa shape index (κ2) is 6.84. The van der Waals surface area contributed by atoms with Crippen LogP contribution < -0.4 is 5.73 Å². The van der Waals surface area contributed by atoms with Crippen LogP contribution in [0.15, 0.2) is 36.1 Å². The molecule has 0 aromatic rings. The van der Waals surface area contributed by atoms with E-state index >= 15 is 0 Å². The first kappa shape index (κ1) is 15.1. The second-order valence-electron chi connectivity index (χ2n) is 5.02. The number of ether oxygens (including phenoxy) is 1. The van der Waals surface area contributed by atoms with Gasteiger partial charge >= 0.3 is 0 Å². The summed E-state index contributed by atoms with van der Waals surface area (Å²) in [5, 5.41) is 0. The Morgan fingerprint density at radius 3 is 2.72 bits per heavy atom. The highest BCUT2D eigenvalue weighted by Gasteiger charge is 2.35. The number of allylic oxidation sites excluding steroid dienone is 3. The van der Waals surface area contributed by atoms with Crippen molar-refractivity contribution >= 4 is 7.85 Å². The lowest BCUT2D eigenvalue weighted by molar-refractivity contribution is -0.0573. The Balaban J connectivity index is 2.83. The number of rotatable bonds is 4. The van der Waals surface area contributed by atoms with Crippen LogP contribution in [0.2, 0.25) is 5.82 Å². The SMILES string of the molecule is [B]C1CC(C(=C)N)C(CC)OC1/C(C)=C/C=C\C. The van der Waals surface area contributed by atoms with E-state index in [9.17, 15) is 0 Å². The van der Waals surface area contributed by atoms with Gasteiger partial charge in [-0.3, -0.25) is 0 Å². The van der Waals surface area contributed by atoms with Gasteiger partial charge in [0.2, 0.25) is 0 Å². The molecule has 2 N–H and O–H groups in total. The van der Waals surface area contributed by atoms with E-state index in [-0.39, 0.29) is 23.9 Å². The van der Waals surface area contributed by atoms with Crippen molar-refractivity contribution in [3.05, 3.63) is 36.1 Å². The second-order valence-corrected chi connectivity index (χ2v) is 5.02. The van der Waals surface area contributed by atoms with Crippen LogP contribution in [0.4, 0.5) is 0 Å². The van der Waals surface area contributed by atoms with Crippen molar-refractivity contribution < 1.29 is 4.74 Å². The van der Waals surface area contributed by atoms with Crippen molar-refractivity contribution in [3.8, 4) is 0 Å². The standard InChI is InChI=1S/C15H24BNO/c1-5-7-8-10(3)15-13(16)9-12(11(4)17)14(6-2)18-15/h5,7-8,12-15H,4,6,9,17H2,1-3H3/b7-5-,10-8+. The molecule has 1 fully saturated rings. The van der Waals surface area contributed by atoms with Gasteiger partial charge in [-0.15, -0.1) is 0 Å². The van der Waals surface area contributed by atoms with E-state index < -0.39 is 0 Å². The Morgan fingerprint density at radius 2 is 2.22 bits per heavy atom. The largest absolute Gasteiger partial charge is 0.402 e. The predicted octanol–water partition coefficient (Wildman–Crippen LogP) is 3.12. The lowest BCUT2D eigenvalue weighted by Gasteiger charge is -2.41. The van der Waals surface area contributed by atoms with Crippen LogP contribution >= 0.6 is 0 Å². The third-order valence-corrected chi connectivity index (χ3v) is 3.56. The van der Waals surface area contributed by atoms with Gasteiger partial charge in [0, 0.05) is 11.6 Å². The van der Waals surface area contributed by atoms with Crippen LogP contribution in [-0.2, 0) is 4.74 Å². The molecule has 0 saturated carbocycles. The van der Waals surface area contributed by atoms with Crippen molar-refractivity contribution in [3.63, 3.8) is 0 Å². The van der Waals surface area contributed by atoms with E-state index in [1.807, 2.05) is 19.1 Å². The fraction of sp³-hybridized carbons (Fsp3) is 0.600. The molecule has 1 aliphatic heterocycles. The third kappa shape index (κ3) is 3.52. The Bertz CT molecular complexity index is 348. The average Bonchev–Trinajstić information content (AvgIpc) is 2.35. The maximum Gasteiger partial charge on any atom is 0.0739 e. The molecule has 1 rings (SSSR count). The first-order valence-corrected chi connectivity index (χ1v) is 6.66. The molecule has 0 bridgehead atoms. The van der Waals surface area contributed by atoms with Gasteiger partial charge in [0.15, 0.2) is 0 Å².